The van der Waals surface area contributed by atoms with Crippen molar-refractivity contribution in [2.24, 2.45) is 0 Å². The summed E-state index contributed by atoms with van der Waals surface area (Å²) in [4.78, 5) is 12.0. The molecule has 4 nitrogen and oxygen atoms in total. The number of hydrogen-bond donors (Lipinski definition) is 0. The highest BCUT2D eigenvalue weighted by Gasteiger charge is 2.37. The Morgan fingerprint density at radius 1 is 0.643 bits per heavy atom. The van der Waals surface area contributed by atoms with Crippen molar-refractivity contribution >= 4 is 5.69 Å². The Labute approximate surface area is 248 Å². The van der Waals surface area contributed by atoms with E-state index in [1.54, 1.807) is 6.07 Å². The summed E-state index contributed by atoms with van der Waals surface area (Å²) in [7, 11) is 0. The maximum Gasteiger partial charge on any atom is 0.277 e. The Kier molecular flexibility index (Phi) is 9.58. The molecule has 0 N–H and O–H groups in total. The molecule has 5 aromatic rings. The van der Waals surface area contributed by atoms with Gasteiger partial charge in [-0.3, -0.25) is 10.1 Å². The van der Waals surface area contributed by atoms with Gasteiger partial charge in [-0.05, 0) is 52.3 Å². The lowest BCUT2D eigenvalue weighted by Crippen LogP contribution is -2.32. The topological polar surface area (TPSA) is 52.4 Å². The summed E-state index contributed by atoms with van der Waals surface area (Å²) in [6.45, 7) is 2.40. The molecule has 5 rings (SSSR count). The van der Waals surface area contributed by atoms with Crippen molar-refractivity contribution in [1.82, 2.24) is 0 Å². The lowest BCUT2D eigenvalue weighted by molar-refractivity contribution is -0.384. The Bertz CT molecular complexity index is 1470. The maximum absolute atomic E-state index is 12.2. The molecule has 0 aliphatic carbocycles. The largest absolute Gasteiger partial charge is 0.356 e. The fraction of sp³-hybridized carbons (Fsp3) is 0.211. The molecule has 4 heteroatoms. The fourth-order valence-electron chi connectivity index (χ4n) is 5.63. The minimum absolute atomic E-state index is 0.0801. The minimum atomic E-state index is -0.899. The molecule has 0 bridgehead atoms. The second kappa shape index (κ2) is 13.9. The van der Waals surface area contributed by atoms with Gasteiger partial charge in [-0.25, -0.2) is 0 Å². The average molecular weight is 556 g/mol. The fourth-order valence-corrected chi connectivity index (χ4v) is 5.63. The van der Waals surface area contributed by atoms with Crippen LogP contribution in [-0.2, 0) is 23.4 Å². The van der Waals surface area contributed by atoms with Gasteiger partial charge in [-0.2, -0.15) is 0 Å². The third kappa shape index (κ3) is 6.50. The van der Waals surface area contributed by atoms with Crippen molar-refractivity contribution in [3.8, 4) is 11.1 Å². The third-order valence-electron chi connectivity index (χ3n) is 7.84. The number of benzene rings is 5. The van der Waals surface area contributed by atoms with Gasteiger partial charge in [0.15, 0.2) is 0 Å². The second-order valence-corrected chi connectivity index (χ2v) is 10.7. The molecule has 0 heterocycles. The lowest BCUT2D eigenvalue weighted by atomic mass is 9.80. The van der Waals surface area contributed by atoms with E-state index in [1.165, 1.54) is 31.2 Å². The van der Waals surface area contributed by atoms with Crippen molar-refractivity contribution in [2.45, 2.75) is 51.2 Å². The first-order chi connectivity index (χ1) is 20.6. The number of rotatable bonds is 13. The van der Waals surface area contributed by atoms with Crippen LogP contribution in [0.5, 0.6) is 0 Å². The van der Waals surface area contributed by atoms with E-state index in [2.05, 4.69) is 55.5 Å². The number of nitrogens with zero attached hydrogens (tertiary/aromatic N) is 1. The van der Waals surface area contributed by atoms with Crippen LogP contribution in [0.4, 0.5) is 5.69 Å². The van der Waals surface area contributed by atoms with Gasteiger partial charge in [0.25, 0.3) is 5.69 Å². The molecule has 42 heavy (non-hydrogen) atoms. The van der Waals surface area contributed by atoms with E-state index < -0.39 is 5.60 Å². The van der Waals surface area contributed by atoms with E-state index in [0.29, 0.717) is 5.56 Å². The molecule has 0 saturated heterocycles. The van der Waals surface area contributed by atoms with Gasteiger partial charge in [-0.1, -0.05) is 148 Å². The highest BCUT2D eigenvalue weighted by atomic mass is 16.6. The molecule has 0 atom stereocenters. The monoisotopic (exact) mass is 555 g/mol. The summed E-state index contributed by atoms with van der Waals surface area (Å²) in [5.74, 6) is 0. The first-order valence-corrected chi connectivity index (χ1v) is 14.8. The number of nitro groups is 1. The van der Waals surface area contributed by atoms with Crippen LogP contribution >= 0.6 is 0 Å². The van der Waals surface area contributed by atoms with Crippen molar-refractivity contribution in [3.05, 3.63) is 171 Å². The Hall–Kier alpha value is -4.54. The molecular formula is C38H37NO3. The molecule has 0 aliphatic heterocycles. The van der Waals surface area contributed by atoms with Crippen molar-refractivity contribution in [1.29, 1.82) is 0 Å². The quantitative estimate of drug-likeness (QED) is 0.0629. The molecule has 0 amide bonds. The summed E-state index contributed by atoms with van der Waals surface area (Å²) in [5, 5.41) is 12.2. The Morgan fingerprint density at radius 3 is 1.67 bits per heavy atom. The van der Waals surface area contributed by atoms with Gasteiger partial charge in [0, 0.05) is 6.07 Å². The van der Waals surface area contributed by atoms with Crippen molar-refractivity contribution in [2.75, 3.05) is 0 Å². The third-order valence-corrected chi connectivity index (χ3v) is 7.84. The van der Waals surface area contributed by atoms with Crippen LogP contribution in [0.15, 0.2) is 133 Å². The van der Waals surface area contributed by atoms with Crippen LogP contribution in [0.3, 0.4) is 0 Å². The number of ether oxygens (including phenoxy) is 1. The average Bonchev–Trinajstić information content (AvgIpc) is 3.05. The Morgan fingerprint density at radius 2 is 1.17 bits per heavy atom. The second-order valence-electron chi connectivity index (χ2n) is 10.7. The van der Waals surface area contributed by atoms with Gasteiger partial charge in [0.2, 0.25) is 0 Å². The van der Waals surface area contributed by atoms with Crippen LogP contribution < -0.4 is 0 Å². The van der Waals surface area contributed by atoms with Crippen LogP contribution in [0, 0.1) is 10.1 Å². The van der Waals surface area contributed by atoms with Crippen LogP contribution in [0.1, 0.15) is 60.4 Å². The van der Waals surface area contributed by atoms with Gasteiger partial charge in [0.1, 0.15) is 5.60 Å². The summed E-state index contributed by atoms with van der Waals surface area (Å²) in [6.07, 6.45) is 5.90. The normalized spacial score (nSPS) is 11.4. The van der Waals surface area contributed by atoms with E-state index in [-0.39, 0.29) is 17.2 Å². The summed E-state index contributed by atoms with van der Waals surface area (Å²) < 4.78 is 6.90. The van der Waals surface area contributed by atoms with E-state index in [9.17, 15) is 10.1 Å². The van der Waals surface area contributed by atoms with E-state index in [4.69, 9.17) is 4.74 Å². The standard InChI is InChI=1S/C38H37NO3/c1-2-3-4-8-15-30-22-25-32(26-23-30)36-27-24-31(28-37(36)39(40)41)29-42-38(33-16-9-5-10-17-33,34-18-11-6-12-19-34)35-20-13-7-14-21-35/h5-7,9-14,16-28H,2-4,8,15,29H2,1H3. The molecule has 0 aliphatic rings. The van der Waals surface area contributed by atoms with Gasteiger partial charge >= 0.3 is 0 Å². The number of aryl methyl sites for hydroxylation is 1. The zero-order valence-corrected chi connectivity index (χ0v) is 24.1. The first kappa shape index (κ1) is 29.0. The van der Waals surface area contributed by atoms with Crippen molar-refractivity contribution < 1.29 is 9.66 Å². The van der Waals surface area contributed by atoms with Gasteiger partial charge in [-0.15, -0.1) is 0 Å². The number of unbranched alkanes of at least 4 members (excludes halogenated alkanes) is 3. The molecule has 5 aromatic carbocycles. The number of nitro benzene ring substituents is 1. The first-order valence-electron chi connectivity index (χ1n) is 14.8. The summed E-state index contributed by atoms with van der Waals surface area (Å²) in [6, 6.07) is 44.1. The molecule has 0 radical (unpaired) electrons. The van der Waals surface area contributed by atoms with E-state index in [0.717, 1.165) is 34.2 Å². The van der Waals surface area contributed by atoms with Crippen LogP contribution in [0.2, 0.25) is 0 Å². The van der Waals surface area contributed by atoms with Crippen LogP contribution in [-0.4, -0.2) is 4.92 Å². The minimum Gasteiger partial charge on any atom is -0.356 e. The predicted molar refractivity (Wildman–Crippen MR) is 170 cm³/mol. The molecule has 0 aromatic heterocycles. The van der Waals surface area contributed by atoms with E-state index in [1.807, 2.05) is 78.9 Å². The molecule has 0 unspecified atom stereocenters. The molecule has 0 saturated carbocycles. The zero-order valence-electron chi connectivity index (χ0n) is 24.1. The number of hydrogen-bond acceptors (Lipinski definition) is 3. The van der Waals surface area contributed by atoms with Gasteiger partial charge < -0.3 is 4.74 Å². The molecular weight excluding hydrogens is 518 g/mol. The molecule has 0 fully saturated rings. The Balaban J connectivity index is 1.47. The molecule has 0 spiro atoms. The zero-order chi connectivity index (χ0) is 29.2. The smallest absolute Gasteiger partial charge is 0.277 e. The predicted octanol–water partition coefficient (Wildman–Crippen LogP) is 9.89. The van der Waals surface area contributed by atoms with Crippen molar-refractivity contribution in [3.63, 3.8) is 0 Å². The molecule has 212 valence electrons. The summed E-state index contributed by atoms with van der Waals surface area (Å²) >= 11 is 0. The summed E-state index contributed by atoms with van der Waals surface area (Å²) in [5.41, 5.74) is 5.61. The van der Waals surface area contributed by atoms with Crippen LogP contribution in [0.25, 0.3) is 11.1 Å². The highest BCUT2D eigenvalue weighted by molar-refractivity contribution is 5.74. The van der Waals surface area contributed by atoms with Gasteiger partial charge in [0.05, 0.1) is 17.1 Å². The maximum atomic E-state index is 12.2. The highest BCUT2D eigenvalue weighted by Crippen LogP contribution is 2.41. The SMILES string of the molecule is CCCCCCc1ccc(-c2ccc(COC(c3ccccc3)(c3ccccc3)c3ccccc3)cc2[N+](=O)[O-])cc1. The van der Waals surface area contributed by atoms with E-state index >= 15 is 0 Å². The lowest BCUT2D eigenvalue weighted by Gasteiger charge is -2.36.